The van der Waals surface area contributed by atoms with Gasteiger partial charge in [-0.2, -0.15) is 5.26 Å². The molecule has 1 aromatic heterocycles. The Hall–Kier alpha value is -2.80. The standard InChI is InChI=1S/C20H21N3O/c1-13-4-8-19(9-5-13)23-14(2)10-16(15(23)3)11-17(12-21)20(24)22-18-6-7-18/h4-5,8-11,18H,6-7H2,1-3H3,(H,22,24). The monoisotopic (exact) mass is 319 g/mol. The van der Waals surface area contributed by atoms with E-state index in [-0.39, 0.29) is 17.5 Å². The van der Waals surface area contributed by atoms with E-state index in [1.54, 1.807) is 6.08 Å². The molecule has 0 radical (unpaired) electrons. The maximum atomic E-state index is 12.1. The fourth-order valence-electron chi connectivity index (χ4n) is 2.82. The fraction of sp³-hybridized carbons (Fsp3) is 0.300. The van der Waals surface area contributed by atoms with E-state index in [2.05, 4.69) is 41.1 Å². The second-order valence-corrected chi connectivity index (χ2v) is 6.41. The van der Waals surface area contributed by atoms with Crippen LogP contribution in [0.1, 0.15) is 35.4 Å². The molecule has 0 bridgehead atoms. The molecular formula is C20H21N3O. The summed E-state index contributed by atoms with van der Waals surface area (Å²) in [5.41, 5.74) is 5.44. The molecule has 0 saturated heterocycles. The number of hydrogen-bond donors (Lipinski definition) is 1. The van der Waals surface area contributed by atoms with Crippen LogP contribution in [0.15, 0.2) is 35.9 Å². The predicted molar refractivity (Wildman–Crippen MR) is 94.7 cm³/mol. The zero-order chi connectivity index (χ0) is 17.3. The minimum Gasteiger partial charge on any atom is -0.349 e. The van der Waals surface area contributed by atoms with Gasteiger partial charge < -0.3 is 9.88 Å². The molecule has 122 valence electrons. The molecule has 24 heavy (non-hydrogen) atoms. The first-order valence-electron chi connectivity index (χ1n) is 8.18. The topological polar surface area (TPSA) is 57.8 Å². The molecule has 3 rings (SSSR count). The van der Waals surface area contributed by atoms with Gasteiger partial charge >= 0.3 is 0 Å². The van der Waals surface area contributed by atoms with Crippen LogP contribution < -0.4 is 5.32 Å². The molecule has 1 N–H and O–H groups in total. The SMILES string of the molecule is Cc1ccc(-n2c(C)cc(C=C(C#N)C(=O)NC3CC3)c2C)cc1. The Kier molecular flexibility index (Phi) is 4.26. The third kappa shape index (κ3) is 3.26. The Bertz CT molecular complexity index is 846. The van der Waals surface area contributed by atoms with Gasteiger partial charge in [0.15, 0.2) is 0 Å². The second-order valence-electron chi connectivity index (χ2n) is 6.41. The molecule has 4 nitrogen and oxygen atoms in total. The maximum absolute atomic E-state index is 12.1. The summed E-state index contributed by atoms with van der Waals surface area (Å²) in [6, 6.07) is 12.6. The molecule has 0 spiro atoms. The molecule has 1 aliphatic rings. The van der Waals surface area contributed by atoms with Gasteiger partial charge in [0.05, 0.1) is 0 Å². The summed E-state index contributed by atoms with van der Waals surface area (Å²) in [6.07, 6.45) is 3.70. The molecular weight excluding hydrogens is 298 g/mol. The highest BCUT2D eigenvalue weighted by molar-refractivity contribution is 6.02. The van der Waals surface area contributed by atoms with Gasteiger partial charge in [-0.3, -0.25) is 4.79 Å². The van der Waals surface area contributed by atoms with Crippen molar-refractivity contribution in [3.8, 4) is 11.8 Å². The molecule has 4 heteroatoms. The number of aryl methyl sites for hydroxylation is 2. The van der Waals surface area contributed by atoms with Crippen molar-refractivity contribution >= 4 is 12.0 Å². The highest BCUT2D eigenvalue weighted by Crippen LogP contribution is 2.24. The summed E-state index contributed by atoms with van der Waals surface area (Å²) < 4.78 is 2.14. The first-order valence-corrected chi connectivity index (χ1v) is 8.18. The van der Waals surface area contributed by atoms with Gasteiger partial charge in [0.1, 0.15) is 11.6 Å². The van der Waals surface area contributed by atoms with Crippen LogP contribution in [0, 0.1) is 32.1 Å². The Morgan fingerprint density at radius 1 is 1.25 bits per heavy atom. The second kappa shape index (κ2) is 6.37. The molecule has 0 unspecified atom stereocenters. The quantitative estimate of drug-likeness (QED) is 0.691. The van der Waals surface area contributed by atoms with Crippen LogP contribution in [-0.2, 0) is 4.79 Å². The number of rotatable bonds is 4. The van der Waals surface area contributed by atoms with Crippen molar-refractivity contribution < 1.29 is 4.79 Å². The van der Waals surface area contributed by atoms with Crippen molar-refractivity contribution in [2.24, 2.45) is 0 Å². The van der Waals surface area contributed by atoms with Crippen molar-refractivity contribution in [1.29, 1.82) is 5.26 Å². The minimum atomic E-state index is -0.278. The summed E-state index contributed by atoms with van der Waals surface area (Å²) in [5, 5.41) is 12.2. The maximum Gasteiger partial charge on any atom is 0.262 e. The largest absolute Gasteiger partial charge is 0.349 e. The number of benzene rings is 1. The van der Waals surface area contributed by atoms with Crippen LogP contribution in [0.4, 0.5) is 0 Å². The molecule has 1 amide bonds. The first-order chi connectivity index (χ1) is 11.5. The van der Waals surface area contributed by atoms with E-state index in [0.29, 0.717) is 0 Å². The summed E-state index contributed by atoms with van der Waals surface area (Å²) in [7, 11) is 0. The highest BCUT2D eigenvalue weighted by atomic mass is 16.1. The van der Waals surface area contributed by atoms with E-state index < -0.39 is 0 Å². The summed E-state index contributed by atoms with van der Waals surface area (Å²) in [6.45, 7) is 6.10. The number of nitriles is 1. The molecule has 2 aromatic rings. The molecule has 1 aliphatic carbocycles. The smallest absolute Gasteiger partial charge is 0.262 e. The molecule has 0 atom stereocenters. The fourth-order valence-corrected chi connectivity index (χ4v) is 2.82. The molecule has 1 saturated carbocycles. The van der Waals surface area contributed by atoms with Crippen molar-refractivity contribution in [2.45, 2.75) is 39.7 Å². The van der Waals surface area contributed by atoms with Gasteiger partial charge in [0.25, 0.3) is 5.91 Å². The van der Waals surface area contributed by atoms with E-state index in [0.717, 1.165) is 35.5 Å². The number of carbonyl (C=O) groups excluding carboxylic acids is 1. The summed E-state index contributed by atoms with van der Waals surface area (Å²) in [5.74, 6) is -0.278. The average Bonchev–Trinajstić information content (AvgIpc) is 3.32. The predicted octanol–water partition coefficient (Wildman–Crippen LogP) is 3.59. The number of carbonyl (C=O) groups is 1. The lowest BCUT2D eigenvalue weighted by Gasteiger charge is -2.10. The average molecular weight is 319 g/mol. The van der Waals surface area contributed by atoms with E-state index >= 15 is 0 Å². The van der Waals surface area contributed by atoms with E-state index in [1.165, 1.54) is 5.56 Å². The van der Waals surface area contributed by atoms with Gasteiger partial charge in [-0.15, -0.1) is 0 Å². The van der Waals surface area contributed by atoms with E-state index in [1.807, 2.05) is 26.0 Å². The molecule has 1 heterocycles. The Labute approximate surface area is 142 Å². The van der Waals surface area contributed by atoms with Crippen LogP contribution in [0.3, 0.4) is 0 Å². The van der Waals surface area contributed by atoms with Crippen LogP contribution in [0.5, 0.6) is 0 Å². The number of amides is 1. The van der Waals surface area contributed by atoms with Crippen LogP contribution in [-0.4, -0.2) is 16.5 Å². The van der Waals surface area contributed by atoms with Crippen molar-refractivity contribution in [3.05, 3.63) is 58.4 Å². The lowest BCUT2D eigenvalue weighted by atomic mass is 10.1. The third-order valence-corrected chi connectivity index (χ3v) is 4.34. The van der Waals surface area contributed by atoms with Gasteiger partial charge in [-0.1, -0.05) is 17.7 Å². The Balaban J connectivity index is 1.95. The number of aromatic nitrogens is 1. The van der Waals surface area contributed by atoms with Crippen molar-refractivity contribution in [1.82, 2.24) is 9.88 Å². The Morgan fingerprint density at radius 3 is 2.50 bits per heavy atom. The van der Waals surface area contributed by atoms with E-state index in [4.69, 9.17) is 0 Å². The Morgan fingerprint density at radius 2 is 1.92 bits per heavy atom. The highest BCUT2D eigenvalue weighted by Gasteiger charge is 2.25. The molecule has 1 aromatic carbocycles. The number of nitrogens with zero attached hydrogens (tertiary/aromatic N) is 2. The van der Waals surface area contributed by atoms with E-state index in [9.17, 15) is 10.1 Å². The van der Waals surface area contributed by atoms with Gasteiger partial charge in [0.2, 0.25) is 0 Å². The first kappa shape index (κ1) is 16.1. The normalized spacial score (nSPS) is 14.3. The van der Waals surface area contributed by atoms with Crippen molar-refractivity contribution in [2.75, 3.05) is 0 Å². The molecule has 1 fully saturated rings. The molecule has 0 aliphatic heterocycles. The summed E-state index contributed by atoms with van der Waals surface area (Å²) >= 11 is 0. The van der Waals surface area contributed by atoms with Crippen LogP contribution in [0.2, 0.25) is 0 Å². The van der Waals surface area contributed by atoms with Crippen molar-refractivity contribution in [3.63, 3.8) is 0 Å². The van der Waals surface area contributed by atoms with Gasteiger partial charge in [0, 0.05) is 23.1 Å². The summed E-state index contributed by atoms with van der Waals surface area (Å²) in [4.78, 5) is 12.1. The number of hydrogen-bond acceptors (Lipinski definition) is 2. The third-order valence-electron chi connectivity index (χ3n) is 4.34. The minimum absolute atomic E-state index is 0.158. The van der Waals surface area contributed by atoms with Crippen LogP contribution >= 0.6 is 0 Å². The zero-order valence-corrected chi connectivity index (χ0v) is 14.3. The van der Waals surface area contributed by atoms with Gasteiger partial charge in [-0.05, 0) is 63.5 Å². The zero-order valence-electron chi connectivity index (χ0n) is 14.3. The van der Waals surface area contributed by atoms with Crippen LogP contribution in [0.25, 0.3) is 11.8 Å². The number of nitrogens with one attached hydrogen (secondary N) is 1. The lowest BCUT2D eigenvalue weighted by Crippen LogP contribution is -2.26. The van der Waals surface area contributed by atoms with Gasteiger partial charge in [-0.25, -0.2) is 0 Å². The lowest BCUT2D eigenvalue weighted by molar-refractivity contribution is -0.117.